The van der Waals surface area contributed by atoms with Crippen molar-refractivity contribution in [2.45, 2.75) is 19.6 Å². The van der Waals surface area contributed by atoms with Crippen molar-refractivity contribution in [1.29, 1.82) is 0 Å². The van der Waals surface area contributed by atoms with Crippen molar-refractivity contribution in [3.05, 3.63) is 52.8 Å². The number of furan rings is 1. The quantitative estimate of drug-likeness (QED) is 0.702. The molecular formula is C17H17NO2S. The van der Waals surface area contributed by atoms with E-state index in [0.29, 0.717) is 0 Å². The highest BCUT2D eigenvalue weighted by atomic mass is 32.1. The first-order valence-corrected chi connectivity index (χ1v) is 7.99. The maximum Gasteiger partial charge on any atom is 0.140 e. The Hall–Kier alpha value is -1.78. The lowest BCUT2D eigenvalue weighted by atomic mass is 10.0. The summed E-state index contributed by atoms with van der Waals surface area (Å²) < 4.78 is 13.4. The van der Waals surface area contributed by atoms with Gasteiger partial charge < -0.3 is 9.15 Å². The molecule has 3 nitrogen and oxygen atoms in total. The minimum atomic E-state index is 0.0294. The van der Waals surface area contributed by atoms with Crippen LogP contribution in [0.2, 0.25) is 0 Å². The molecule has 1 atom stereocenters. The average molecular weight is 299 g/mol. The number of hydrogen-bond donors (Lipinski definition) is 0. The third kappa shape index (κ3) is 2.24. The van der Waals surface area contributed by atoms with Crippen molar-refractivity contribution in [1.82, 2.24) is 4.90 Å². The van der Waals surface area contributed by atoms with Crippen molar-refractivity contribution >= 4 is 21.4 Å². The Bertz CT molecular complexity index is 789. The Labute approximate surface area is 127 Å². The summed E-state index contributed by atoms with van der Waals surface area (Å²) >= 11 is 1.74. The first-order chi connectivity index (χ1) is 10.2. The topological polar surface area (TPSA) is 25.6 Å². The molecule has 1 aliphatic heterocycles. The molecule has 3 heterocycles. The molecule has 108 valence electrons. The van der Waals surface area contributed by atoms with E-state index < -0.39 is 0 Å². The molecule has 0 bridgehead atoms. The maximum absolute atomic E-state index is 6.34. The number of fused-ring (bicyclic) bond motifs is 2. The van der Waals surface area contributed by atoms with Crippen LogP contribution in [-0.4, -0.2) is 18.5 Å². The molecule has 0 aliphatic carbocycles. The fourth-order valence-corrected chi connectivity index (χ4v) is 3.80. The normalized spacial score (nSPS) is 18.9. The van der Waals surface area contributed by atoms with Gasteiger partial charge in [-0.1, -0.05) is 6.07 Å². The number of likely N-dealkylation sites (N-methyl/N-ethyl adjacent to an activating group) is 1. The Morgan fingerprint density at radius 1 is 1.33 bits per heavy atom. The monoisotopic (exact) mass is 299 g/mol. The zero-order valence-electron chi connectivity index (χ0n) is 12.1. The molecule has 3 aromatic rings. The van der Waals surface area contributed by atoms with Gasteiger partial charge >= 0.3 is 0 Å². The van der Waals surface area contributed by atoms with E-state index in [2.05, 4.69) is 47.7 Å². The van der Waals surface area contributed by atoms with Gasteiger partial charge in [-0.2, -0.15) is 0 Å². The molecule has 1 aliphatic rings. The lowest BCUT2D eigenvalue weighted by molar-refractivity contribution is 0.121. The largest absolute Gasteiger partial charge is 0.484 e. The number of hydrogen-bond acceptors (Lipinski definition) is 4. The molecule has 0 spiro atoms. The Balaban J connectivity index is 1.72. The number of thiophene rings is 1. The van der Waals surface area contributed by atoms with Crippen molar-refractivity contribution < 1.29 is 9.15 Å². The van der Waals surface area contributed by atoms with Crippen molar-refractivity contribution in [3.8, 4) is 5.75 Å². The second kappa shape index (κ2) is 4.90. The number of rotatable bonds is 2. The molecule has 4 heteroatoms. The second-order valence-electron chi connectivity index (χ2n) is 5.63. The average Bonchev–Trinajstić information content (AvgIpc) is 3.04. The molecule has 1 unspecified atom stereocenters. The van der Waals surface area contributed by atoms with Gasteiger partial charge in [0.15, 0.2) is 0 Å². The molecule has 0 saturated heterocycles. The van der Waals surface area contributed by atoms with Crippen molar-refractivity contribution in [3.63, 3.8) is 0 Å². The van der Waals surface area contributed by atoms with Gasteiger partial charge in [0, 0.05) is 22.2 Å². The van der Waals surface area contributed by atoms with Gasteiger partial charge in [0.05, 0.1) is 6.54 Å². The second-order valence-corrected chi connectivity index (χ2v) is 6.58. The van der Waals surface area contributed by atoms with Crippen LogP contribution >= 0.6 is 11.3 Å². The van der Waals surface area contributed by atoms with Crippen LogP contribution in [0.5, 0.6) is 5.75 Å². The van der Waals surface area contributed by atoms with Gasteiger partial charge in [0.25, 0.3) is 0 Å². The molecule has 0 radical (unpaired) electrons. The van der Waals surface area contributed by atoms with Crippen molar-refractivity contribution in [2.24, 2.45) is 0 Å². The Morgan fingerprint density at radius 3 is 3.14 bits per heavy atom. The lowest BCUT2D eigenvalue weighted by Gasteiger charge is -2.29. The van der Waals surface area contributed by atoms with Crippen LogP contribution in [0.15, 0.2) is 40.1 Å². The molecule has 2 aromatic heterocycles. The highest BCUT2D eigenvalue weighted by Crippen LogP contribution is 2.36. The van der Waals surface area contributed by atoms with Crippen LogP contribution in [0.3, 0.4) is 0 Å². The molecule has 1 aromatic carbocycles. The summed E-state index contributed by atoms with van der Waals surface area (Å²) in [5.74, 6) is 2.94. The molecule has 0 fully saturated rings. The van der Waals surface area contributed by atoms with Crippen LogP contribution in [0.1, 0.15) is 23.2 Å². The van der Waals surface area contributed by atoms with E-state index in [1.165, 1.54) is 15.6 Å². The first-order valence-electron chi connectivity index (χ1n) is 7.11. The summed E-state index contributed by atoms with van der Waals surface area (Å²) in [5, 5.41) is 3.30. The minimum absolute atomic E-state index is 0.0294. The zero-order chi connectivity index (χ0) is 14.4. The maximum atomic E-state index is 6.34. The first kappa shape index (κ1) is 12.9. The molecule has 4 rings (SSSR count). The molecular weight excluding hydrogens is 282 g/mol. The van der Waals surface area contributed by atoms with Crippen LogP contribution in [0.4, 0.5) is 0 Å². The fraction of sp³-hybridized carbons (Fsp3) is 0.294. The molecule has 0 amide bonds. The standard InChI is InChI=1S/C17H17NO2S/c1-11-8-13-15(19-11)9-18(2)10-16(13)20-14-4-3-5-17-12(14)6-7-21-17/h3-8,16H,9-10H2,1-2H3. The zero-order valence-corrected chi connectivity index (χ0v) is 12.9. The summed E-state index contributed by atoms with van der Waals surface area (Å²) in [7, 11) is 2.10. The summed E-state index contributed by atoms with van der Waals surface area (Å²) in [6, 6.07) is 10.5. The fourth-order valence-electron chi connectivity index (χ4n) is 2.99. The Morgan fingerprint density at radius 2 is 2.24 bits per heavy atom. The summed E-state index contributed by atoms with van der Waals surface area (Å²) in [6.45, 7) is 3.73. The number of nitrogens with zero attached hydrogens (tertiary/aromatic N) is 1. The summed E-state index contributed by atoms with van der Waals surface area (Å²) in [6.07, 6.45) is 0.0294. The van der Waals surface area contributed by atoms with E-state index in [1.54, 1.807) is 11.3 Å². The van der Waals surface area contributed by atoms with Gasteiger partial charge in [-0.25, -0.2) is 0 Å². The van der Waals surface area contributed by atoms with Gasteiger partial charge in [-0.15, -0.1) is 11.3 Å². The van der Waals surface area contributed by atoms with Crippen LogP contribution in [-0.2, 0) is 6.54 Å². The van der Waals surface area contributed by atoms with Gasteiger partial charge in [-0.3, -0.25) is 4.90 Å². The van der Waals surface area contributed by atoms with E-state index in [1.807, 2.05) is 6.92 Å². The molecule has 0 saturated carbocycles. The van der Waals surface area contributed by atoms with Crippen LogP contribution < -0.4 is 4.74 Å². The third-order valence-electron chi connectivity index (χ3n) is 3.93. The van der Waals surface area contributed by atoms with Gasteiger partial charge in [-0.05, 0) is 43.6 Å². The third-order valence-corrected chi connectivity index (χ3v) is 4.81. The van der Waals surface area contributed by atoms with E-state index in [0.717, 1.165) is 30.4 Å². The van der Waals surface area contributed by atoms with Crippen LogP contribution in [0, 0.1) is 6.92 Å². The van der Waals surface area contributed by atoms with Gasteiger partial charge in [0.2, 0.25) is 0 Å². The predicted octanol–water partition coefficient (Wildman–Crippen LogP) is 4.37. The smallest absolute Gasteiger partial charge is 0.140 e. The SMILES string of the molecule is Cc1cc2c(o1)CN(C)CC2Oc1cccc2sccc12. The van der Waals surface area contributed by atoms with E-state index in [9.17, 15) is 0 Å². The molecule has 21 heavy (non-hydrogen) atoms. The highest BCUT2D eigenvalue weighted by molar-refractivity contribution is 7.17. The number of benzene rings is 1. The molecule has 0 N–H and O–H groups in total. The highest BCUT2D eigenvalue weighted by Gasteiger charge is 2.28. The van der Waals surface area contributed by atoms with E-state index >= 15 is 0 Å². The lowest BCUT2D eigenvalue weighted by Crippen LogP contribution is -2.32. The summed E-state index contributed by atoms with van der Waals surface area (Å²) in [4.78, 5) is 2.24. The number of aryl methyl sites for hydroxylation is 1. The van der Waals surface area contributed by atoms with Gasteiger partial charge in [0.1, 0.15) is 23.4 Å². The summed E-state index contributed by atoms with van der Waals surface area (Å²) in [5.41, 5.74) is 1.19. The number of ether oxygens (including phenoxy) is 1. The predicted molar refractivity (Wildman–Crippen MR) is 85.0 cm³/mol. The van der Waals surface area contributed by atoms with E-state index in [4.69, 9.17) is 9.15 Å². The van der Waals surface area contributed by atoms with E-state index in [-0.39, 0.29) is 6.10 Å². The van der Waals surface area contributed by atoms with Crippen LogP contribution in [0.25, 0.3) is 10.1 Å². The minimum Gasteiger partial charge on any atom is -0.484 e. The Kier molecular flexibility index (Phi) is 3.01. The van der Waals surface area contributed by atoms with Crippen molar-refractivity contribution in [2.75, 3.05) is 13.6 Å².